The predicted octanol–water partition coefficient (Wildman–Crippen LogP) is 5.32. The molecule has 1 N–H and O–H groups in total. The Kier molecular flexibility index (Phi) is 8.47. The minimum absolute atomic E-state index is 0.164. The number of hydrogen-bond donors (Lipinski definition) is 1. The van der Waals surface area contributed by atoms with Gasteiger partial charge in [-0.2, -0.15) is 0 Å². The van der Waals surface area contributed by atoms with Gasteiger partial charge in [-0.25, -0.2) is 4.79 Å². The van der Waals surface area contributed by atoms with Crippen LogP contribution in [0.4, 0.5) is 0 Å². The second-order valence-electron chi connectivity index (χ2n) is 10.2. The van der Waals surface area contributed by atoms with E-state index in [4.69, 9.17) is 4.74 Å². The average Bonchev–Trinajstić information content (AvgIpc) is 3.06. The molecule has 1 fully saturated rings. The van der Waals surface area contributed by atoms with Gasteiger partial charge in [0.15, 0.2) is 12.1 Å². The van der Waals surface area contributed by atoms with Crippen molar-refractivity contribution < 1.29 is 19.1 Å². The van der Waals surface area contributed by atoms with Gasteiger partial charge in [-0.15, -0.1) is 11.8 Å². The summed E-state index contributed by atoms with van der Waals surface area (Å²) in [5, 5.41) is 4.31. The molecule has 2 aliphatic heterocycles. The number of ether oxygens (including phenoxy) is 1. The molecule has 0 spiro atoms. The lowest BCUT2D eigenvalue weighted by atomic mass is 9.96. The van der Waals surface area contributed by atoms with Gasteiger partial charge in [0.25, 0.3) is 0 Å². The highest BCUT2D eigenvalue weighted by Crippen LogP contribution is 2.41. The van der Waals surface area contributed by atoms with Crippen LogP contribution in [0, 0.1) is 0 Å². The summed E-state index contributed by atoms with van der Waals surface area (Å²) < 4.78 is 6.22. The lowest BCUT2D eigenvalue weighted by Gasteiger charge is -2.51. The van der Waals surface area contributed by atoms with E-state index in [2.05, 4.69) is 10.3 Å². The quantitative estimate of drug-likeness (QED) is 0.211. The number of carbonyl (C=O) groups excluding carboxylic acids is 3. The molecule has 214 valence electrons. The van der Waals surface area contributed by atoms with Crippen LogP contribution < -0.4 is 5.32 Å². The third-order valence-corrected chi connectivity index (χ3v) is 8.52. The number of amides is 2. The molecule has 0 radical (unpaired) electrons. The SMILES string of the molecule is O=C(Cc1ccccc1)NC1C(=O)N2C(C(=O)OC(c3ccccc3)c3ccccc3)C(/C=C/c3ccccn3)=CS[C@H]12. The van der Waals surface area contributed by atoms with Crippen molar-refractivity contribution in [3.05, 3.63) is 155 Å². The van der Waals surface area contributed by atoms with Crippen molar-refractivity contribution >= 4 is 35.6 Å². The average molecular weight is 588 g/mol. The Morgan fingerprint density at radius 1 is 0.860 bits per heavy atom. The zero-order valence-corrected chi connectivity index (χ0v) is 24.0. The van der Waals surface area contributed by atoms with Gasteiger partial charge in [-0.3, -0.25) is 14.6 Å². The molecule has 0 aliphatic carbocycles. The zero-order chi connectivity index (χ0) is 29.6. The van der Waals surface area contributed by atoms with E-state index in [0.29, 0.717) is 5.57 Å². The van der Waals surface area contributed by atoms with Gasteiger partial charge in [0, 0.05) is 6.20 Å². The van der Waals surface area contributed by atoms with Gasteiger partial charge >= 0.3 is 5.97 Å². The molecular formula is C35H29N3O4S. The maximum absolute atomic E-state index is 14.1. The number of β-lactam (4-membered cyclic amide) rings is 1. The number of thioether (sulfide) groups is 1. The van der Waals surface area contributed by atoms with Crippen molar-refractivity contribution in [2.24, 2.45) is 0 Å². The third-order valence-electron chi connectivity index (χ3n) is 7.34. The van der Waals surface area contributed by atoms with Crippen molar-refractivity contribution in [3.63, 3.8) is 0 Å². The number of pyridine rings is 1. The maximum Gasteiger partial charge on any atom is 0.334 e. The van der Waals surface area contributed by atoms with E-state index in [0.717, 1.165) is 22.4 Å². The first-order valence-corrected chi connectivity index (χ1v) is 14.9. The summed E-state index contributed by atoms with van der Waals surface area (Å²) >= 11 is 1.40. The molecule has 6 rings (SSSR count). The number of nitrogens with zero attached hydrogens (tertiary/aromatic N) is 2. The van der Waals surface area contributed by atoms with Crippen molar-refractivity contribution in [3.8, 4) is 0 Å². The van der Waals surface area contributed by atoms with Crippen molar-refractivity contribution in [1.29, 1.82) is 0 Å². The van der Waals surface area contributed by atoms with Crippen molar-refractivity contribution in [2.75, 3.05) is 0 Å². The topological polar surface area (TPSA) is 88.6 Å². The van der Waals surface area contributed by atoms with Crippen LogP contribution in [0.25, 0.3) is 6.08 Å². The summed E-state index contributed by atoms with van der Waals surface area (Å²) in [6, 6.07) is 32.3. The minimum Gasteiger partial charge on any atom is -0.451 e. The molecule has 8 heteroatoms. The van der Waals surface area contributed by atoms with Gasteiger partial charge in [-0.05, 0) is 45.9 Å². The van der Waals surface area contributed by atoms with Crippen LogP contribution in [-0.4, -0.2) is 45.1 Å². The van der Waals surface area contributed by atoms with E-state index in [-0.39, 0.29) is 18.2 Å². The second-order valence-corrected chi connectivity index (χ2v) is 11.2. The molecular weight excluding hydrogens is 558 g/mol. The predicted molar refractivity (Wildman–Crippen MR) is 166 cm³/mol. The molecule has 4 aromatic rings. The Morgan fingerprint density at radius 2 is 1.49 bits per heavy atom. The maximum atomic E-state index is 14.1. The summed E-state index contributed by atoms with van der Waals surface area (Å²) in [4.78, 5) is 46.3. The number of benzene rings is 3. The van der Waals surface area contributed by atoms with Crippen molar-refractivity contribution in [2.45, 2.75) is 30.0 Å². The van der Waals surface area contributed by atoms with E-state index in [1.165, 1.54) is 16.7 Å². The summed E-state index contributed by atoms with van der Waals surface area (Å²) in [6.07, 6.45) is 4.80. The molecule has 0 bridgehead atoms. The standard InChI is InChI=1S/C35H29N3O4S/c39-29(22-24-12-4-1-5-13-24)37-30-33(40)38-31(27(23-43-34(30)38)19-20-28-18-10-11-21-36-28)35(41)42-32(25-14-6-2-7-15-25)26-16-8-3-9-17-26/h1-21,23,30-32,34H,22H2,(H,37,39)/b20-19+/t30?,31?,34-/m1/s1. The summed E-state index contributed by atoms with van der Waals surface area (Å²) in [5.41, 5.74) is 3.82. The Bertz CT molecular complexity index is 1610. The molecule has 3 atom stereocenters. The van der Waals surface area contributed by atoms with Crippen LogP contribution in [-0.2, 0) is 25.5 Å². The lowest BCUT2D eigenvalue weighted by molar-refractivity contribution is -0.165. The van der Waals surface area contributed by atoms with E-state index >= 15 is 0 Å². The number of esters is 1. The molecule has 2 aliphatic rings. The molecule has 2 unspecified atom stereocenters. The fourth-order valence-electron chi connectivity index (χ4n) is 5.22. The van der Waals surface area contributed by atoms with Gasteiger partial charge in [0.2, 0.25) is 11.8 Å². The number of fused-ring (bicyclic) bond motifs is 1. The Morgan fingerprint density at radius 3 is 2.12 bits per heavy atom. The van der Waals surface area contributed by atoms with E-state index < -0.39 is 29.5 Å². The first-order chi connectivity index (χ1) is 21.1. The summed E-state index contributed by atoms with van der Waals surface area (Å²) in [5.74, 6) is -1.13. The second kappa shape index (κ2) is 12.9. The van der Waals surface area contributed by atoms with Crippen LogP contribution in [0.5, 0.6) is 0 Å². The van der Waals surface area contributed by atoms with Gasteiger partial charge in [0.05, 0.1) is 12.1 Å². The molecule has 43 heavy (non-hydrogen) atoms. The molecule has 0 saturated carbocycles. The number of rotatable bonds is 9. The Hall–Kier alpha value is -4.95. The van der Waals surface area contributed by atoms with E-state index in [9.17, 15) is 14.4 Å². The van der Waals surface area contributed by atoms with Gasteiger partial charge in [-0.1, -0.05) is 103 Å². The summed E-state index contributed by atoms with van der Waals surface area (Å²) in [6.45, 7) is 0. The molecule has 7 nitrogen and oxygen atoms in total. The molecule has 2 amide bonds. The molecule has 1 saturated heterocycles. The normalized spacial score (nSPS) is 19.4. The largest absolute Gasteiger partial charge is 0.451 e. The highest BCUT2D eigenvalue weighted by Gasteiger charge is 2.56. The zero-order valence-electron chi connectivity index (χ0n) is 23.2. The van der Waals surface area contributed by atoms with Crippen LogP contribution >= 0.6 is 11.8 Å². The van der Waals surface area contributed by atoms with Gasteiger partial charge < -0.3 is 15.0 Å². The van der Waals surface area contributed by atoms with E-state index in [1.807, 2.05) is 121 Å². The Balaban J connectivity index is 1.27. The first kappa shape index (κ1) is 28.2. The first-order valence-electron chi connectivity index (χ1n) is 14.0. The van der Waals surface area contributed by atoms with Crippen molar-refractivity contribution in [1.82, 2.24) is 15.2 Å². The number of nitrogens with one attached hydrogen (secondary N) is 1. The number of aromatic nitrogens is 1. The van der Waals surface area contributed by atoms with Crippen LogP contribution in [0.3, 0.4) is 0 Å². The minimum atomic E-state index is -0.990. The molecule has 3 aromatic carbocycles. The number of carbonyl (C=O) groups is 3. The lowest BCUT2D eigenvalue weighted by Crippen LogP contribution is -2.74. The Labute approximate surface area is 254 Å². The van der Waals surface area contributed by atoms with Crippen LogP contribution in [0.1, 0.15) is 28.5 Å². The number of hydrogen-bond acceptors (Lipinski definition) is 6. The molecule has 3 heterocycles. The fourth-order valence-corrected chi connectivity index (χ4v) is 6.42. The van der Waals surface area contributed by atoms with Crippen LogP contribution in [0.2, 0.25) is 0 Å². The monoisotopic (exact) mass is 587 g/mol. The fraction of sp³-hybridized carbons (Fsp3) is 0.143. The third kappa shape index (κ3) is 6.29. The summed E-state index contributed by atoms with van der Waals surface area (Å²) in [7, 11) is 0. The highest BCUT2D eigenvalue weighted by atomic mass is 32.2. The molecule has 1 aromatic heterocycles. The smallest absolute Gasteiger partial charge is 0.334 e. The van der Waals surface area contributed by atoms with E-state index in [1.54, 1.807) is 12.3 Å². The highest BCUT2D eigenvalue weighted by molar-refractivity contribution is 8.03. The van der Waals surface area contributed by atoms with Gasteiger partial charge in [0.1, 0.15) is 11.4 Å². The van der Waals surface area contributed by atoms with Crippen LogP contribution in [0.15, 0.2) is 132 Å².